The number of carbonyl (C=O) groups excluding carboxylic acids is 1. The molecule has 0 radical (unpaired) electrons. The first kappa shape index (κ1) is 20.6. The van der Waals surface area contributed by atoms with E-state index < -0.39 is 0 Å². The summed E-state index contributed by atoms with van der Waals surface area (Å²) in [6, 6.07) is 9.72. The number of ether oxygens (including phenoxy) is 1. The van der Waals surface area contributed by atoms with Crippen molar-refractivity contribution >= 4 is 11.9 Å². The van der Waals surface area contributed by atoms with Crippen molar-refractivity contribution in [2.75, 3.05) is 37.7 Å². The smallest absolute Gasteiger partial charge is 0.241 e. The van der Waals surface area contributed by atoms with Crippen LogP contribution in [0.25, 0.3) is 0 Å². The summed E-state index contributed by atoms with van der Waals surface area (Å²) in [5.74, 6) is 1.77. The molecule has 30 heavy (non-hydrogen) atoms. The van der Waals surface area contributed by atoms with Crippen molar-refractivity contribution in [2.24, 2.45) is 0 Å². The lowest BCUT2D eigenvalue weighted by Gasteiger charge is -2.35. The van der Waals surface area contributed by atoms with E-state index in [9.17, 15) is 4.79 Å². The van der Waals surface area contributed by atoms with Gasteiger partial charge in [-0.2, -0.15) is 0 Å². The van der Waals surface area contributed by atoms with E-state index >= 15 is 0 Å². The lowest BCUT2D eigenvalue weighted by molar-refractivity contribution is -0.133. The van der Waals surface area contributed by atoms with Gasteiger partial charge in [-0.1, -0.05) is 31.5 Å². The van der Waals surface area contributed by atoms with Crippen LogP contribution in [-0.4, -0.2) is 59.6 Å². The van der Waals surface area contributed by atoms with Crippen molar-refractivity contribution in [1.82, 2.24) is 25.7 Å². The average molecular weight is 411 g/mol. The topological polar surface area (TPSA) is 82.6 Å². The van der Waals surface area contributed by atoms with Gasteiger partial charge in [-0.3, -0.25) is 4.79 Å². The summed E-state index contributed by atoms with van der Waals surface area (Å²) in [5.41, 5.74) is 7.60. The Balaban J connectivity index is 1.32. The van der Waals surface area contributed by atoms with Crippen LogP contribution in [0.1, 0.15) is 37.8 Å². The zero-order valence-electron chi connectivity index (χ0n) is 17.5. The van der Waals surface area contributed by atoms with E-state index in [1.165, 1.54) is 0 Å². The van der Waals surface area contributed by atoms with Gasteiger partial charge in [0.15, 0.2) is 0 Å². The number of nitrogens with zero attached hydrogens (tertiary/aromatic N) is 4. The molecule has 2 fully saturated rings. The fourth-order valence-corrected chi connectivity index (χ4v) is 3.95. The second-order valence-electron chi connectivity index (χ2n) is 7.73. The van der Waals surface area contributed by atoms with Crippen LogP contribution >= 0.6 is 0 Å². The van der Waals surface area contributed by atoms with Gasteiger partial charge >= 0.3 is 0 Å². The highest BCUT2D eigenvalue weighted by Gasteiger charge is 2.35. The van der Waals surface area contributed by atoms with Crippen LogP contribution in [0.5, 0.6) is 5.75 Å². The third kappa shape index (κ3) is 4.71. The Bertz CT molecular complexity index is 825. The lowest BCUT2D eigenvalue weighted by atomic mass is 10.0. The maximum Gasteiger partial charge on any atom is 0.241 e. The molecule has 0 saturated carbocycles. The maximum absolute atomic E-state index is 13.1. The molecular weight excluding hydrogens is 380 g/mol. The highest BCUT2D eigenvalue weighted by molar-refractivity contribution is 5.82. The summed E-state index contributed by atoms with van der Waals surface area (Å²) in [4.78, 5) is 25.7. The number of hydrazine groups is 1. The number of aromatic nitrogens is 2. The highest BCUT2D eigenvalue weighted by atomic mass is 16.5. The van der Waals surface area contributed by atoms with Crippen molar-refractivity contribution in [3.8, 4) is 5.75 Å². The number of carbonyl (C=O) groups is 1. The first-order chi connectivity index (χ1) is 14.8. The molecule has 2 atom stereocenters. The number of benzene rings is 1. The van der Waals surface area contributed by atoms with Gasteiger partial charge in [-0.05, 0) is 25.0 Å². The molecule has 2 aliphatic heterocycles. The Morgan fingerprint density at radius 1 is 1.10 bits per heavy atom. The van der Waals surface area contributed by atoms with Crippen molar-refractivity contribution in [3.63, 3.8) is 0 Å². The number of piperazine rings is 1. The molecule has 2 aliphatic rings. The number of rotatable bonds is 7. The van der Waals surface area contributed by atoms with Gasteiger partial charge in [0.25, 0.3) is 0 Å². The van der Waals surface area contributed by atoms with E-state index in [1.54, 1.807) is 12.4 Å². The second kappa shape index (κ2) is 9.86. The number of hydrogen-bond acceptors (Lipinski definition) is 7. The monoisotopic (exact) mass is 410 g/mol. The molecule has 1 amide bonds. The van der Waals surface area contributed by atoms with E-state index in [0.717, 1.165) is 43.2 Å². The van der Waals surface area contributed by atoms with Crippen molar-refractivity contribution in [1.29, 1.82) is 0 Å². The fourth-order valence-electron chi connectivity index (χ4n) is 3.95. The number of hydrogen-bond donors (Lipinski definition) is 2. The van der Waals surface area contributed by atoms with Gasteiger partial charge in [0.05, 0.1) is 12.6 Å². The minimum atomic E-state index is -0.238. The Kier molecular flexibility index (Phi) is 6.76. The van der Waals surface area contributed by atoms with Crippen LogP contribution in [0.4, 0.5) is 5.95 Å². The molecule has 2 aromatic rings. The molecule has 1 aromatic carbocycles. The number of nitrogens with one attached hydrogen (secondary N) is 2. The van der Waals surface area contributed by atoms with Crippen molar-refractivity contribution in [2.45, 2.75) is 38.3 Å². The molecule has 2 unspecified atom stereocenters. The Labute approximate surface area is 177 Å². The van der Waals surface area contributed by atoms with E-state index in [4.69, 9.17) is 4.74 Å². The Morgan fingerprint density at radius 3 is 2.63 bits per heavy atom. The minimum Gasteiger partial charge on any atom is -0.493 e. The number of unbranched alkanes of at least 4 members (excludes halogenated alkanes) is 1. The Morgan fingerprint density at radius 2 is 1.87 bits per heavy atom. The largest absolute Gasteiger partial charge is 0.493 e. The third-order valence-electron chi connectivity index (χ3n) is 5.68. The SMILES string of the molecule is CCCCOc1ccccc1C1CC(C(=O)N2CCN(c3ncccn3)CC2)NN1. The summed E-state index contributed by atoms with van der Waals surface area (Å²) in [5, 5.41) is 0. The zero-order chi connectivity index (χ0) is 20.8. The Hall–Kier alpha value is -2.71. The van der Waals surface area contributed by atoms with Crippen LogP contribution in [0.15, 0.2) is 42.7 Å². The maximum atomic E-state index is 13.1. The molecule has 2 saturated heterocycles. The molecule has 1 aromatic heterocycles. The van der Waals surface area contributed by atoms with Crippen LogP contribution < -0.4 is 20.5 Å². The number of amides is 1. The minimum absolute atomic E-state index is 0.0517. The van der Waals surface area contributed by atoms with E-state index in [2.05, 4.69) is 38.7 Å². The second-order valence-corrected chi connectivity index (χ2v) is 7.73. The van der Waals surface area contributed by atoms with Crippen LogP contribution in [0, 0.1) is 0 Å². The van der Waals surface area contributed by atoms with Crippen LogP contribution in [-0.2, 0) is 4.79 Å². The van der Waals surface area contributed by atoms with Gasteiger partial charge in [0.1, 0.15) is 11.8 Å². The summed E-state index contributed by atoms with van der Waals surface area (Å²) in [6.07, 6.45) is 6.34. The van der Waals surface area contributed by atoms with Gasteiger partial charge in [0, 0.05) is 44.1 Å². The first-order valence-corrected chi connectivity index (χ1v) is 10.8. The van der Waals surface area contributed by atoms with Gasteiger partial charge in [-0.25, -0.2) is 20.8 Å². The number of para-hydroxylation sites is 1. The standard InChI is InChI=1S/C22H30N6O2/c1-2-3-15-30-20-8-5-4-7-17(20)18-16-19(26-25-18)21(29)27-11-13-28(14-12-27)22-23-9-6-10-24-22/h4-10,18-19,25-26H,2-3,11-16H2,1H3. The van der Waals surface area contributed by atoms with Crippen molar-refractivity contribution in [3.05, 3.63) is 48.3 Å². The lowest BCUT2D eigenvalue weighted by Crippen LogP contribution is -2.54. The molecule has 0 spiro atoms. The molecule has 160 valence electrons. The molecule has 0 aliphatic carbocycles. The summed E-state index contributed by atoms with van der Waals surface area (Å²) in [7, 11) is 0. The van der Waals surface area contributed by atoms with E-state index in [0.29, 0.717) is 26.1 Å². The van der Waals surface area contributed by atoms with Gasteiger partial charge < -0.3 is 14.5 Å². The predicted molar refractivity (Wildman–Crippen MR) is 115 cm³/mol. The fraction of sp³-hybridized carbons (Fsp3) is 0.500. The van der Waals surface area contributed by atoms with Gasteiger partial charge in [-0.15, -0.1) is 0 Å². The third-order valence-corrected chi connectivity index (χ3v) is 5.68. The molecular formula is C22H30N6O2. The first-order valence-electron chi connectivity index (χ1n) is 10.8. The van der Waals surface area contributed by atoms with Crippen LogP contribution in [0.2, 0.25) is 0 Å². The van der Waals surface area contributed by atoms with E-state index in [1.807, 2.05) is 29.2 Å². The highest BCUT2D eigenvalue weighted by Crippen LogP contribution is 2.31. The van der Waals surface area contributed by atoms with Gasteiger partial charge in [0.2, 0.25) is 11.9 Å². The summed E-state index contributed by atoms with van der Waals surface area (Å²) >= 11 is 0. The molecule has 8 heteroatoms. The quantitative estimate of drug-likeness (QED) is 0.675. The predicted octanol–water partition coefficient (Wildman–Crippen LogP) is 1.91. The number of anilines is 1. The van der Waals surface area contributed by atoms with Crippen molar-refractivity contribution < 1.29 is 9.53 Å². The summed E-state index contributed by atoms with van der Waals surface area (Å²) in [6.45, 7) is 5.71. The molecule has 0 bridgehead atoms. The molecule has 8 nitrogen and oxygen atoms in total. The average Bonchev–Trinajstić information content (AvgIpc) is 3.30. The van der Waals surface area contributed by atoms with Crippen LogP contribution in [0.3, 0.4) is 0 Å². The summed E-state index contributed by atoms with van der Waals surface area (Å²) < 4.78 is 5.98. The molecule has 2 N–H and O–H groups in total. The normalized spacial score (nSPS) is 21.6. The zero-order valence-corrected chi connectivity index (χ0v) is 17.5. The molecule has 3 heterocycles. The molecule has 4 rings (SSSR count). The van der Waals surface area contributed by atoms with E-state index in [-0.39, 0.29) is 18.0 Å².